The van der Waals surface area contributed by atoms with Crippen molar-refractivity contribution in [3.05, 3.63) is 23.4 Å². The molecule has 0 fully saturated rings. The van der Waals surface area contributed by atoms with Crippen LogP contribution < -0.4 is 5.32 Å². The minimum absolute atomic E-state index is 0.0379. The number of anilines is 1. The predicted molar refractivity (Wildman–Crippen MR) is 70.1 cm³/mol. The normalized spacial score (nSPS) is 13.2. The second kappa shape index (κ2) is 5.35. The molecule has 3 N–H and O–H groups in total. The molecule has 0 spiro atoms. The zero-order valence-corrected chi connectivity index (χ0v) is 11.2. The molecule has 0 radical (unpaired) electrons. The Hall–Kier alpha value is -1.62. The Morgan fingerprint density at radius 2 is 2.06 bits per heavy atom. The highest BCUT2D eigenvalue weighted by molar-refractivity contribution is 5.88. The number of rotatable bonds is 4. The van der Waals surface area contributed by atoms with Gasteiger partial charge in [-0.05, 0) is 19.1 Å². The molecule has 18 heavy (non-hydrogen) atoms. The number of carbonyl (C=O) groups is 1. The van der Waals surface area contributed by atoms with Crippen molar-refractivity contribution in [1.29, 1.82) is 0 Å². The summed E-state index contributed by atoms with van der Waals surface area (Å²) in [6.45, 7) is 7.68. The van der Waals surface area contributed by atoms with Crippen molar-refractivity contribution in [2.75, 3.05) is 11.9 Å². The van der Waals surface area contributed by atoms with E-state index >= 15 is 0 Å². The Kier molecular flexibility index (Phi) is 4.29. The highest BCUT2D eigenvalue weighted by atomic mass is 16.4. The molecule has 1 heterocycles. The first kappa shape index (κ1) is 14.4. The molecule has 5 heteroatoms. The van der Waals surface area contributed by atoms with Gasteiger partial charge in [0, 0.05) is 17.2 Å². The van der Waals surface area contributed by atoms with Crippen LogP contribution in [0.15, 0.2) is 12.1 Å². The van der Waals surface area contributed by atoms with Crippen LogP contribution in [-0.2, 0) is 5.41 Å². The van der Waals surface area contributed by atoms with E-state index in [1.54, 1.807) is 13.0 Å². The second-order valence-corrected chi connectivity index (χ2v) is 5.41. The van der Waals surface area contributed by atoms with E-state index < -0.39 is 5.97 Å². The SMILES string of the molecule is CC(CO)Nc1cc(C(=O)O)cc(C(C)(C)C)n1. The summed E-state index contributed by atoms with van der Waals surface area (Å²) in [5.41, 5.74) is 0.669. The molecule has 100 valence electrons. The molecular weight excluding hydrogens is 232 g/mol. The first-order valence-electron chi connectivity index (χ1n) is 5.87. The zero-order chi connectivity index (χ0) is 13.9. The minimum Gasteiger partial charge on any atom is -0.478 e. The van der Waals surface area contributed by atoms with Crippen LogP contribution in [0, 0.1) is 0 Å². The van der Waals surface area contributed by atoms with Gasteiger partial charge in [-0.25, -0.2) is 9.78 Å². The average Bonchev–Trinajstić information content (AvgIpc) is 2.27. The third-order valence-electron chi connectivity index (χ3n) is 2.51. The Morgan fingerprint density at radius 3 is 2.50 bits per heavy atom. The monoisotopic (exact) mass is 252 g/mol. The van der Waals surface area contributed by atoms with Crippen molar-refractivity contribution in [3.63, 3.8) is 0 Å². The van der Waals surface area contributed by atoms with E-state index in [1.165, 1.54) is 6.07 Å². The zero-order valence-electron chi connectivity index (χ0n) is 11.2. The molecule has 1 atom stereocenters. The molecule has 0 aliphatic rings. The summed E-state index contributed by atoms with van der Waals surface area (Å²) >= 11 is 0. The van der Waals surface area contributed by atoms with Crippen LogP contribution in [-0.4, -0.2) is 33.8 Å². The third-order valence-corrected chi connectivity index (χ3v) is 2.51. The van der Waals surface area contributed by atoms with E-state index in [-0.39, 0.29) is 23.6 Å². The van der Waals surface area contributed by atoms with Gasteiger partial charge in [0.05, 0.1) is 12.2 Å². The maximum Gasteiger partial charge on any atom is 0.335 e. The topological polar surface area (TPSA) is 82.5 Å². The number of aromatic nitrogens is 1. The number of carboxylic acid groups (broad SMARTS) is 1. The van der Waals surface area contributed by atoms with E-state index in [4.69, 9.17) is 10.2 Å². The van der Waals surface area contributed by atoms with Crippen LogP contribution >= 0.6 is 0 Å². The van der Waals surface area contributed by atoms with Gasteiger partial charge in [-0.2, -0.15) is 0 Å². The lowest BCUT2D eigenvalue weighted by Crippen LogP contribution is -2.22. The fraction of sp³-hybridized carbons (Fsp3) is 0.538. The molecule has 0 bridgehead atoms. The van der Waals surface area contributed by atoms with Gasteiger partial charge in [-0.15, -0.1) is 0 Å². The molecule has 0 amide bonds. The molecule has 5 nitrogen and oxygen atoms in total. The fourth-order valence-electron chi connectivity index (χ4n) is 1.41. The summed E-state index contributed by atoms with van der Waals surface area (Å²) < 4.78 is 0. The molecule has 0 saturated carbocycles. The van der Waals surface area contributed by atoms with Crippen molar-refractivity contribution in [1.82, 2.24) is 4.98 Å². The van der Waals surface area contributed by atoms with Crippen molar-refractivity contribution in [2.45, 2.75) is 39.2 Å². The van der Waals surface area contributed by atoms with Gasteiger partial charge in [0.1, 0.15) is 5.82 Å². The number of aliphatic hydroxyl groups excluding tert-OH is 1. The molecule has 0 saturated heterocycles. The molecule has 0 aromatic carbocycles. The number of hydrogen-bond acceptors (Lipinski definition) is 4. The van der Waals surface area contributed by atoms with Crippen molar-refractivity contribution in [3.8, 4) is 0 Å². The van der Waals surface area contributed by atoms with Gasteiger partial charge in [-0.1, -0.05) is 20.8 Å². The molecular formula is C13H20N2O3. The lowest BCUT2D eigenvalue weighted by Gasteiger charge is -2.20. The highest BCUT2D eigenvalue weighted by Gasteiger charge is 2.19. The smallest absolute Gasteiger partial charge is 0.335 e. The van der Waals surface area contributed by atoms with Crippen molar-refractivity contribution >= 4 is 11.8 Å². The largest absolute Gasteiger partial charge is 0.478 e. The van der Waals surface area contributed by atoms with Crippen LogP contribution in [0.2, 0.25) is 0 Å². The van der Waals surface area contributed by atoms with E-state index in [0.717, 1.165) is 0 Å². The summed E-state index contributed by atoms with van der Waals surface area (Å²) in [6.07, 6.45) is 0. The molecule has 1 aromatic heterocycles. The number of aromatic carboxylic acids is 1. The summed E-state index contributed by atoms with van der Waals surface area (Å²) in [6, 6.07) is 2.88. The van der Waals surface area contributed by atoms with Crippen LogP contribution in [0.4, 0.5) is 5.82 Å². The Balaban J connectivity index is 3.18. The molecule has 1 aromatic rings. The molecule has 1 unspecified atom stereocenters. The average molecular weight is 252 g/mol. The summed E-state index contributed by atoms with van der Waals surface area (Å²) in [5.74, 6) is -0.510. The van der Waals surface area contributed by atoms with Crippen molar-refractivity contribution in [2.24, 2.45) is 0 Å². The first-order chi connectivity index (χ1) is 8.24. The molecule has 0 aliphatic heterocycles. The second-order valence-electron chi connectivity index (χ2n) is 5.41. The van der Waals surface area contributed by atoms with Gasteiger partial charge >= 0.3 is 5.97 Å². The standard InChI is InChI=1S/C13H20N2O3/c1-8(7-16)14-11-6-9(12(17)18)5-10(15-11)13(2,3)4/h5-6,8,16H,7H2,1-4H3,(H,14,15)(H,17,18). The number of carboxylic acids is 1. The molecule has 0 aliphatic carbocycles. The van der Waals surface area contributed by atoms with Gasteiger partial charge < -0.3 is 15.5 Å². The summed E-state index contributed by atoms with van der Waals surface area (Å²) in [5, 5.41) is 21.1. The number of nitrogens with one attached hydrogen (secondary N) is 1. The lowest BCUT2D eigenvalue weighted by molar-refractivity contribution is 0.0696. The van der Waals surface area contributed by atoms with Gasteiger partial charge in [-0.3, -0.25) is 0 Å². The third kappa shape index (κ3) is 3.70. The van der Waals surface area contributed by atoms with Crippen LogP contribution in [0.1, 0.15) is 43.7 Å². The predicted octanol–water partition coefficient (Wildman–Crippen LogP) is 1.87. The maximum atomic E-state index is 11.1. The van der Waals surface area contributed by atoms with Gasteiger partial charge in [0.2, 0.25) is 0 Å². The Labute approximate surface area is 107 Å². The quantitative estimate of drug-likeness (QED) is 0.762. The van der Waals surface area contributed by atoms with E-state index in [1.807, 2.05) is 20.8 Å². The van der Waals surface area contributed by atoms with Crippen molar-refractivity contribution < 1.29 is 15.0 Å². The number of aliphatic hydroxyl groups is 1. The number of hydrogen-bond donors (Lipinski definition) is 3. The van der Waals surface area contributed by atoms with Gasteiger partial charge in [0.15, 0.2) is 0 Å². The number of nitrogens with zero attached hydrogens (tertiary/aromatic N) is 1. The Bertz CT molecular complexity index is 438. The van der Waals surface area contributed by atoms with Crippen LogP contribution in [0.25, 0.3) is 0 Å². The number of pyridine rings is 1. The van der Waals surface area contributed by atoms with E-state index in [0.29, 0.717) is 11.5 Å². The summed E-state index contributed by atoms with van der Waals surface area (Å²) in [4.78, 5) is 15.5. The maximum absolute atomic E-state index is 11.1. The van der Waals surface area contributed by atoms with E-state index in [9.17, 15) is 4.79 Å². The van der Waals surface area contributed by atoms with Gasteiger partial charge in [0.25, 0.3) is 0 Å². The Morgan fingerprint density at radius 1 is 1.44 bits per heavy atom. The van der Waals surface area contributed by atoms with E-state index in [2.05, 4.69) is 10.3 Å². The van der Waals surface area contributed by atoms with Crippen LogP contribution in [0.3, 0.4) is 0 Å². The highest BCUT2D eigenvalue weighted by Crippen LogP contribution is 2.23. The molecule has 1 rings (SSSR count). The lowest BCUT2D eigenvalue weighted by atomic mass is 9.90. The summed E-state index contributed by atoms with van der Waals surface area (Å²) in [7, 11) is 0. The fourth-order valence-corrected chi connectivity index (χ4v) is 1.41. The van der Waals surface area contributed by atoms with Crippen LogP contribution in [0.5, 0.6) is 0 Å². The minimum atomic E-state index is -0.984. The first-order valence-corrected chi connectivity index (χ1v) is 5.87.